The monoisotopic (exact) mass is 351 g/mol. The number of benzene rings is 2. The molecule has 1 atom stereocenters. The number of ketones is 1. The molecule has 1 heterocycles. The van der Waals surface area contributed by atoms with Crippen molar-refractivity contribution < 1.29 is 19.4 Å². The SMILES string of the molecule is COc1ccc(C)cc1/C(O)=C1\C(=O)C(=O)N(C)C1c1ccc(C)cc1. The molecule has 1 saturated heterocycles. The standard InChI is InChI=1S/C21H21NO4/c1-12-5-8-14(9-6-12)18-17(20(24)21(25)22(18)3)19(23)15-11-13(2)7-10-16(15)26-4/h5-11,18,23H,1-4H3/b19-17+. The number of aryl methyl sites for hydroxylation is 2. The van der Waals surface area contributed by atoms with E-state index in [2.05, 4.69) is 0 Å². The van der Waals surface area contributed by atoms with Crippen LogP contribution in [0.4, 0.5) is 0 Å². The number of nitrogens with zero attached hydrogens (tertiary/aromatic N) is 1. The number of hydrogen-bond acceptors (Lipinski definition) is 4. The summed E-state index contributed by atoms with van der Waals surface area (Å²) >= 11 is 0. The van der Waals surface area contributed by atoms with E-state index in [4.69, 9.17) is 4.74 Å². The molecule has 26 heavy (non-hydrogen) atoms. The van der Waals surface area contributed by atoms with Crippen LogP contribution in [-0.4, -0.2) is 35.9 Å². The predicted molar refractivity (Wildman–Crippen MR) is 99.0 cm³/mol. The molecule has 0 radical (unpaired) electrons. The van der Waals surface area contributed by atoms with E-state index < -0.39 is 17.7 Å². The molecule has 1 amide bonds. The lowest BCUT2D eigenvalue weighted by atomic mass is 9.94. The van der Waals surface area contributed by atoms with Gasteiger partial charge in [-0.25, -0.2) is 0 Å². The Morgan fingerprint density at radius 2 is 1.65 bits per heavy atom. The summed E-state index contributed by atoms with van der Waals surface area (Å²) in [4.78, 5) is 26.3. The Morgan fingerprint density at radius 3 is 2.27 bits per heavy atom. The van der Waals surface area contributed by atoms with Crippen molar-refractivity contribution >= 4 is 17.4 Å². The van der Waals surface area contributed by atoms with Crippen molar-refractivity contribution in [3.05, 3.63) is 70.3 Å². The smallest absolute Gasteiger partial charge is 0.295 e. The Morgan fingerprint density at radius 1 is 1.04 bits per heavy atom. The molecule has 2 aromatic rings. The number of methoxy groups -OCH3 is 1. The van der Waals surface area contributed by atoms with Crippen LogP contribution >= 0.6 is 0 Å². The van der Waals surface area contributed by atoms with E-state index >= 15 is 0 Å². The maximum atomic E-state index is 12.6. The van der Waals surface area contributed by atoms with Crippen LogP contribution < -0.4 is 4.74 Å². The highest BCUT2D eigenvalue weighted by atomic mass is 16.5. The second-order valence-corrected chi connectivity index (χ2v) is 6.52. The second-order valence-electron chi connectivity index (χ2n) is 6.52. The molecule has 3 rings (SSSR count). The number of ether oxygens (including phenoxy) is 1. The molecule has 1 N–H and O–H groups in total. The lowest BCUT2D eigenvalue weighted by Crippen LogP contribution is -2.24. The van der Waals surface area contributed by atoms with Crippen LogP contribution in [-0.2, 0) is 9.59 Å². The fraction of sp³-hybridized carbons (Fsp3) is 0.238. The van der Waals surface area contributed by atoms with Crippen LogP contribution in [0.3, 0.4) is 0 Å². The molecule has 2 aromatic carbocycles. The molecule has 5 heteroatoms. The third kappa shape index (κ3) is 2.86. The summed E-state index contributed by atoms with van der Waals surface area (Å²) in [7, 11) is 3.07. The zero-order valence-electron chi connectivity index (χ0n) is 15.2. The molecular formula is C21H21NO4. The van der Waals surface area contributed by atoms with Gasteiger partial charge in [-0.1, -0.05) is 41.5 Å². The Hall–Kier alpha value is -3.08. The summed E-state index contributed by atoms with van der Waals surface area (Å²) in [5, 5.41) is 10.9. The molecule has 1 fully saturated rings. The fourth-order valence-corrected chi connectivity index (χ4v) is 3.24. The quantitative estimate of drug-likeness (QED) is 0.523. The number of aliphatic hydroxyl groups excluding tert-OH is 1. The van der Waals surface area contributed by atoms with Crippen LogP contribution in [0.5, 0.6) is 5.75 Å². The summed E-state index contributed by atoms with van der Waals surface area (Å²) in [6, 6.07) is 12.2. The number of likely N-dealkylation sites (N-methyl/N-ethyl adjacent to an activating group) is 1. The molecule has 0 bridgehead atoms. The van der Waals surface area contributed by atoms with Crippen molar-refractivity contribution in [3.8, 4) is 5.75 Å². The number of hydrogen-bond donors (Lipinski definition) is 1. The number of carbonyl (C=O) groups excluding carboxylic acids is 2. The molecule has 1 unspecified atom stereocenters. The van der Waals surface area contributed by atoms with Gasteiger partial charge in [0.25, 0.3) is 11.7 Å². The molecule has 0 aliphatic carbocycles. The van der Waals surface area contributed by atoms with Gasteiger partial charge in [-0.3, -0.25) is 9.59 Å². The Labute approximate surface area is 152 Å². The third-order valence-electron chi connectivity index (χ3n) is 4.68. The first-order chi connectivity index (χ1) is 12.3. The number of rotatable bonds is 3. The summed E-state index contributed by atoms with van der Waals surface area (Å²) in [5.74, 6) is -1.11. The minimum atomic E-state index is -0.695. The van der Waals surface area contributed by atoms with Crippen LogP contribution in [0.15, 0.2) is 48.0 Å². The molecule has 0 aromatic heterocycles. The van der Waals surface area contributed by atoms with E-state index in [1.54, 1.807) is 19.2 Å². The lowest BCUT2D eigenvalue weighted by molar-refractivity contribution is -0.139. The van der Waals surface area contributed by atoms with Gasteiger partial charge in [0.2, 0.25) is 0 Å². The van der Waals surface area contributed by atoms with Crippen molar-refractivity contribution in [1.82, 2.24) is 4.90 Å². The predicted octanol–water partition coefficient (Wildman–Crippen LogP) is 3.36. The van der Waals surface area contributed by atoms with Gasteiger partial charge in [0.05, 0.1) is 24.3 Å². The highest BCUT2D eigenvalue weighted by molar-refractivity contribution is 6.46. The van der Waals surface area contributed by atoms with Crippen LogP contribution in [0.2, 0.25) is 0 Å². The van der Waals surface area contributed by atoms with Gasteiger partial charge in [0.1, 0.15) is 11.5 Å². The van der Waals surface area contributed by atoms with Gasteiger partial charge in [-0.15, -0.1) is 0 Å². The largest absolute Gasteiger partial charge is 0.507 e. The summed E-state index contributed by atoms with van der Waals surface area (Å²) in [6.45, 7) is 3.84. The number of carbonyl (C=O) groups is 2. The summed E-state index contributed by atoms with van der Waals surface area (Å²) in [5.41, 5.74) is 3.22. The molecular weight excluding hydrogens is 330 g/mol. The van der Waals surface area contributed by atoms with Crippen molar-refractivity contribution in [1.29, 1.82) is 0 Å². The minimum Gasteiger partial charge on any atom is -0.507 e. The van der Waals surface area contributed by atoms with Gasteiger partial charge in [-0.05, 0) is 31.5 Å². The highest BCUT2D eigenvalue weighted by Crippen LogP contribution is 2.40. The van der Waals surface area contributed by atoms with Crippen LogP contribution in [0, 0.1) is 13.8 Å². The first-order valence-corrected chi connectivity index (χ1v) is 8.31. The van der Waals surface area contributed by atoms with Gasteiger partial charge < -0.3 is 14.7 Å². The lowest BCUT2D eigenvalue weighted by Gasteiger charge is -2.21. The van der Waals surface area contributed by atoms with Crippen LogP contribution in [0.25, 0.3) is 5.76 Å². The molecule has 1 aliphatic heterocycles. The van der Waals surface area contributed by atoms with E-state index in [9.17, 15) is 14.7 Å². The van der Waals surface area contributed by atoms with E-state index in [0.717, 1.165) is 16.7 Å². The average molecular weight is 351 g/mol. The first kappa shape index (κ1) is 17.7. The topological polar surface area (TPSA) is 66.8 Å². The Kier molecular flexibility index (Phi) is 4.55. The molecule has 0 spiro atoms. The summed E-state index contributed by atoms with van der Waals surface area (Å²) in [6.07, 6.45) is 0. The van der Waals surface area contributed by atoms with Gasteiger partial charge >= 0.3 is 0 Å². The average Bonchev–Trinajstić information content (AvgIpc) is 2.86. The molecule has 1 aliphatic rings. The Bertz CT molecular complexity index is 912. The van der Waals surface area contributed by atoms with Gasteiger partial charge in [0, 0.05) is 7.05 Å². The first-order valence-electron chi connectivity index (χ1n) is 8.31. The van der Waals surface area contributed by atoms with E-state index in [1.807, 2.05) is 44.2 Å². The van der Waals surface area contributed by atoms with E-state index in [1.165, 1.54) is 12.0 Å². The van der Waals surface area contributed by atoms with Crippen molar-refractivity contribution in [2.24, 2.45) is 0 Å². The second kappa shape index (κ2) is 6.67. The molecule has 134 valence electrons. The number of amides is 1. The van der Waals surface area contributed by atoms with Gasteiger partial charge in [-0.2, -0.15) is 0 Å². The van der Waals surface area contributed by atoms with Gasteiger partial charge in [0.15, 0.2) is 0 Å². The maximum Gasteiger partial charge on any atom is 0.295 e. The van der Waals surface area contributed by atoms with E-state index in [-0.39, 0.29) is 11.3 Å². The fourth-order valence-electron chi connectivity index (χ4n) is 3.24. The number of aliphatic hydroxyl groups is 1. The number of likely N-dealkylation sites (tertiary alicyclic amines) is 1. The minimum absolute atomic E-state index is 0.0743. The third-order valence-corrected chi connectivity index (χ3v) is 4.68. The van der Waals surface area contributed by atoms with Crippen LogP contribution in [0.1, 0.15) is 28.3 Å². The van der Waals surface area contributed by atoms with E-state index in [0.29, 0.717) is 11.3 Å². The van der Waals surface area contributed by atoms with Crippen molar-refractivity contribution in [2.75, 3.05) is 14.2 Å². The number of Topliss-reactive ketones (excluding diaryl/α,β-unsaturated/α-hetero) is 1. The highest BCUT2D eigenvalue weighted by Gasteiger charge is 2.44. The summed E-state index contributed by atoms with van der Waals surface area (Å²) < 4.78 is 5.32. The maximum absolute atomic E-state index is 12.6. The zero-order valence-corrected chi connectivity index (χ0v) is 15.2. The van der Waals surface area contributed by atoms with Crippen molar-refractivity contribution in [2.45, 2.75) is 19.9 Å². The Balaban J connectivity index is 2.23. The normalized spacial score (nSPS) is 19.1. The molecule has 0 saturated carbocycles. The van der Waals surface area contributed by atoms with Crippen molar-refractivity contribution in [3.63, 3.8) is 0 Å². The molecule has 5 nitrogen and oxygen atoms in total. The zero-order chi connectivity index (χ0) is 19.0.